The minimum Gasteiger partial charge on any atom is -0.292 e. The molecule has 2 nitrogen and oxygen atoms in total. The number of fused-ring (bicyclic) bond motifs is 4. The fourth-order valence-electron chi connectivity index (χ4n) is 7.93. The monoisotopic (exact) mass is 590 g/mol. The second kappa shape index (κ2) is 10.9. The van der Waals surface area contributed by atoms with Gasteiger partial charge in [0.25, 0.3) is 0 Å². The average molecular weight is 591 g/mol. The van der Waals surface area contributed by atoms with Crippen molar-refractivity contribution < 1.29 is 0 Å². The number of nitrogens with zero attached hydrogens (tertiary/aromatic N) is 2. The quantitative estimate of drug-likeness (QED) is 0.201. The highest BCUT2D eigenvalue weighted by atomic mass is 15.1. The standard InChI is InChI=1S/C44H34N2/c1-29-12-11-19-38-41(29)43(37-18-8-7-17-36(37)42(38)34-23-22-30-13-5-6-16-33(30)28-34)31-24-26-35(27-25-31)46-40-21-10-9-20-39(40)45-44(46)32-14-3-2-4-15-32/h2-21,24-29,41H,22-23H2,1H3. The molecule has 2 heteroatoms. The summed E-state index contributed by atoms with van der Waals surface area (Å²) in [6.45, 7) is 2.38. The molecule has 0 saturated carbocycles. The third kappa shape index (κ3) is 4.29. The normalized spacial score (nSPS) is 18.5. The van der Waals surface area contributed by atoms with Crippen LogP contribution in [0.2, 0.25) is 0 Å². The molecule has 0 saturated heterocycles. The molecule has 3 aliphatic rings. The van der Waals surface area contributed by atoms with E-state index in [4.69, 9.17) is 4.98 Å². The predicted molar refractivity (Wildman–Crippen MR) is 191 cm³/mol. The van der Waals surface area contributed by atoms with Crippen molar-refractivity contribution in [1.29, 1.82) is 0 Å². The van der Waals surface area contributed by atoms with Gasteiger partial charge in [0.05, 0.1) is 11.0 Å². The smallest absolute Gasteiger partial charge is 0.145 e. The maximum Gasteiger partial charge on any atom is 0.145 e. The van der Waals surface area contributed by atoms with Gasteiger partial charge in [-0.3, -0.25) is 4.57 Å². The Kier molecular flexibility index (Phi) is 6.35. The lowest BCUT2D eigenvalue weighted by molar-refractivity contribution is 0.596. The zero-order valence-electron chi connectivity index (χ0n) is 25.9. The first-order chi connectivity index (χ1) is 22.7. The van der Waals surface area contributed by atoms with E-state index in [0.717, 1.165) is 41.0 Å². The van der Waals surface area contributed by atoms with E-state index in [9.17, 15) is 0 Å². The zero-order valence-corrected chi connectivity index (χ0v) is 25.9. The van der Waals surface area contributed by atoms with E-state index in [-0.39, 0.29) is 5.92 Å². The second-order valence-corrected chi connectivity index (χ2v) is 12.7. The molecule has 0 N–H and O–H groups in total. The third-order valence-corrected chi connectivity index (χ3v) is 10.0. The number of aromatic nitrogens is 2. The molecule has 0 aliphatic heterocycles. The van der Waals surface area contributed by atoms with E-state index in [1.54, 1.807) is 0 Å². The van der Waals surface area contributed by atoms with Gasteiger partial charge in [-0.25, -0.2) is 4.98 Å². The second-order valence-electron chi connectivity index (χ2n) is 12.7. The molecule has 220 valence electrons. The lowest BCUT2D eigenvalue weighted by Gasteiger charge is -2.36. The molecular formula is C44H34N2. The summed E-state index contributed by atoms with van der Waals surface area (Å²) in [5, 5.41) is 2.71. The van der Waals surface area contributed by atoms with E-state index in [2.05, 4.69) is 163 Å². The topological polar surface area (TPSA) is 17.8 Å². The molecule has 6 aromatic rings. The molecule has 46 heavy (non-hydrogen) atoms. The van der Waals surface area contributed by atoms with Crippen LogP contribution in [-0.2, 0) is 6.42 Å². The van der Waals surface area contributed by atoms with Crippen molar-refractivity contribution in [2.45, 2.75) is 19.8 Å². The van der Waals surface area contributed by atoms with Crippen molar-refractivity contribution in [3.05, 3.63) is 184 Å². The maximum absolute atomic E-state index is 5.07. The summed E-state index contributed by atoms with van der Waals surface area (Å²) in [7, 11) is 0. The van der Waals surface area contributed by atoms with Gasteiger partial charge < -0.3 is 0 Å². The SMILES string of the molecule is CC1C=CC=C2C(C3=Cc4ccccc4CC3)=c3ccccc3=C(c3ccc(-n4c(-c5ccccc5)nc5ccccc54)cc3)C21. The first kappa shape index (κ1) is 26.9. The van der Waals surface area contributed by atoms with Crippen LogP contribution in [0.25, 0.3) is 45.3 Å². The highest BCUT2D eigenvalue weighted by molar-refractivity contribution is 5.92. The summed E-state index contributed by atoms with van der Waals surface area (Å²) in [4.78, 5) is 5.07. The van der Waals surface area contributed by atoms with E-state index < -0.39 is 0 Å². The number of allylic oxidation sites excluding steroid dienone is 5. The van der Waals surface area contributed by atoms with Crippen LogP contribution < -0.4 is 10.4 Å². The molecule has 0 amide bonds. The van der Waals surface area contributed by atoms with Crippen LogP contribution in [0.3, 0.4) is 0 Å². The minimum atomic E-state index is 0.285. The lowest BCUT2D eigenvalue weighted by atomic mass is 9.67. The third-order valence-electron chi connectivity index (χ3n) is 10.0. The number of imidazole rings is 1. The van der Waals surface area contributed by atoms with Crippen molar-refractivity contribution in [3.63, 3.8) is 0 Å². The Morgan fingerprint density at radius 3 is 2.28 bits per heavy atom. The van der Waals surface area contributed by atoms with Gasteiger partial charge >= 0.3 is 0 Å². The highest BCUT2D eigenvalue weighted by Crippen LogP contribution is 2.45. The predicted octanol–water partition coefficient (Wildman–Crippen LogP) is 8.83. The first-order valence-corrected chi connectivity index (χ1v) is 16.4. The summed E-state index contributed by atoms with van der Waals surface area (Å²) in [6, 6.07) is 46.1. The van der Waals surface area contributed by atoms with Crippen molar-refractivity contribution in [1.82, 2.24) is 9.55 Å². The van der Waals surface area contributed by atoms with E-state index >= 15 is 0 Å². The Bertz CT molecular complexity index is 2360. The van der Waals surface area contributed by atoms with Gasteiger partial charge in [0.2, 0.25) is 0 Å². The molecule has 0 spiro atoms. The van der Waals surface area contributed by atoms with Crippen LogP contribution >= 0.6 is 0 Å². The number of hydrogen-bond donors (Lipinski definition) is 0. The summed E-state index contributed by atoms with van der Waals surface area (Å²) in [5.74, 6) is 1.63. The number of aryl methyl sites for hydroxylation is 1. The van der Waals surface area contributed by atoms with Crippen LogP contribution in [-0.4, -0.2) is 9.55 Å². The largest absolute Gasteiger partial charge is 0.292 e. The van der Waals surface area contributed by atoms with Gasteiger partial charge in [-0.15, -0.1) is 0 Å². The van der Waals surface area contributed by atoms with Crippen LogP contribution in [0.15, 0.2) is 157 Å². The van der Waals surface area contributed by atoms with Gasteiger partial charge in [0.15, 0.2) is 0 Å². The van der Waals surface area contributed by atoms with Crippen molar-refractivity contribution in [2.24, 2.45) is 11.8 Å². The highest BCUT2D eigenvalue weighted by Gasteiger charge is 2.34. The number of benzene rings is 5. The maximum atomic E-state index is 5.07. The lowest BCUT2D eigenvalue weighted by Crippen LogP contribution is -2.39. The summed E-state index contributed by atoms with van der Waals surface area (Å²) in [5.41, 5.74) is 14.2. The van der Waals surface area contributed by atoms with E-state index in [0.29, 0.717) is 5.92 Å². The van der Waals surface area contributed by atoms with Gasteiger partial charge in [0, 0.05) is 17.2 Å². The number of hydrogen-bond acceptors (Lipinski definition) is 1. The molecule has 9 rings (SSSR count). The first-order valence-electron chi connectivity index (χ1n) is 16.4. The molecule has 1 heterocycles. The fraction of sp³-hybridized carbons (Fsp3) is 0.114. The molecule has 5 aromatic carbocycles. The Balaban J connectivity index is 1.25. The summed E-state index contributed by atoms with van der Waals surface area (Å²) < 4.78 is 2.30. The molecule has 0 bridgehead atoms. The molecule has 0 radical (unpaired) electrons. The Morgan fingerprint density at radius 1 is 0.674 bits per heavy atom. The van der Waals surface area contributed by atoms with Crippen molar-refractivity contribution in [3.8, 4) is 17.1 Å². The Labute approximate surface area is 269 Å². The zero-order chi connectivity index (χ0) is 30.6. The van der Waals surface area contributed by atoms with E-state index in [1.807, 2.05) is 0 Å². The molecule has 2 unspecified atom stereocenters. The van der Waals surface area contributed by atoms with Crippen LogP contribution in [0, 0.1) is 11.8 Å². The van der Waals surface area contributed by atoms with Gasteiger partial charge in [-0.2, -0.15) is 0 Å². The number of rotatable bonds is 4. The van der Waals surface area contributed by atoms with Gasteiger partial charge in [-0.1, -0.05) is 134 Å². The molecule has 2 atom stereocenters. The Hall–Kier alpha value is -5.47. The van der Waals surface area contributed by atoms with Gasteiger partial charge in [0.1, 0.15) is 5.82 Å². The summed E-state index contributed by atoms with van der Waals surface area (Å²) >= 11 is 0. The van der Waals surface area contributed by atoms with Crippen LogP contribution in [0.5, 0.6) is 0 Å². The summed E-state index contributed by atoms with van der Waals surface area (Å²) in [6.07, 6.45) is 11.6. The minimum absolute atomic E-state index is 0.285. The van der Waals surface area contributed by atoms with Gasteiger partial charge in [-0.05, 0) is 92.4 Å². The molecule has 1 aromatic heterocycles. The van der Waals surface area contributed by atoms with Crippen LogP contribution in [0.4, 0.5) is 0 Å². The van der Waals surface area contributed by atoms with Crippen LogP contribution in [0.1, 0.15) is 30.0 Å². The van der Waals surface area contributed by atoms with E-state index in [1.165, 1.54) is 49.4 Å². The molecular weight excluding hydrogens is 556 g/mol. The van der Waals surface area contributed by atoms with Crippen molar-refractivity contribution in [2.75, 3.05) is 0 Å². The molecule has 0 fully saturated rings. The molecule has 3 aliphatic carbocycles. The fourth-order valence-corrected chi connectivity index (χ4v) is 7.93. The number of para-hydroxylation sites is 2. The Morgan fingerprint density at radius 2 is 1.41 bits per heavy atom. The average Bonchev–Trinajstić information content (AvgIpc) is 3.51. The van der Waals surface area contributed by atoms with Crippen molar-refractivity contribution >= 4 is 28.3 Å².